The first-order valence-corrected chi connectivity index (χ1v) is 14.3. The van der Waals surface area contributed by atoms with Crippen molar-refractivity contribution in [2.75, 3.05) is 25.5 Å². The molecule has 2 aromatic rings. The van der Waals surface area contributed by atoms with Crippen LogP contribution in [-0.4, -0.2) is 61.4 Å². The summed E-state index contributed by atoms with van der Waals surface area (Å²) in [6.45, 7) is 2.64. The molecule has 204 valence electrons. The number of benzene rings is 2. The Bertz CT molecular complexity index is 1290. The summed E-state index contributed by atoms with van der Waals surface area (Å²) in [6.07, 6.45) is 1.89. The van der Waals surface area contributed by atoms with Crippen LogP contribution in [0.4, 0.5) is 0 Å². The van der Waals surface area contributed by atoms with E-state index < -0.39 is 27.8 Å². The second-order valence-corrected chi connectivity index (χ2v) is 11.3. The predicted molar refractivity (Wildman–Crippen MR) is 140 cm³/mol. The molecule has 9 nitrogen and oxygen atoms in total. The largest absolute Gasteiger partial charge is 0.492 e. The highest BCUT2D eigenvalue weighted by molar-refractivity contribution is 7.85. The standard InChI is InChI=1S/C27H30ClNO8S/c1-18-26(27(31)37-17-19-4-10-22(11-5-19)36-13-14-38(32,33)34)24(20-6-8-21(28)9-7-20)15-25(30)29(18)16-23-3-2-12-35-23/h4-11,23-24H,2-3,12-17H2,1H3,(H,32,33,34)/t23-,24+/m0/s1. The highest BCUT2D eigenvalue weighted by Crippen LogP contribution is 2.38. The van der Waals surface area contributed by atoms with Gasteiger partial charge in [0.1, 0.15) is 24.7 Å². The fourth-order valence-electron chi connectivity index (χ4n) is 4.65. The normalized spacial score (nSPS) is 20.1. The van der Waals surface area contributed by atoms with Gasteiger partial charge in [0.15, 0.2) is 0 Å². The number of rotatable bonds is 10. The van der Waals surface area contributed by atoms with Crippen LogP contribution in [0.15, 0.2) is 59.8 Å². The van der Waals surface area contributed by atoms with E-state index in [2.05, 4.69) is 0 Å². The number of nitrogens with zero attached hydrogens (tertiary/aromatic N) is 1. The number of ether oxygens (including phenoxy) is 3. The van der Waals surface area contributed by atoms with E-state index in [1.54, 1.807) is 48.2 Å². The molecule has 1 N–H and O–H groups in total. The van der Waals surface area contributed by atoms with Gasteiger partial charge in [0.05, 0.1) is 18.2 Å². The monoisotopic (exact) mass is 563 g/mol. The lowest BCUT2D eigenvalue weighted by Gasteiger charge is -2.35. The van der Waals surface area contributed by atoms with Crippen molar-refractivity contribution >= 4 is 33.6 Å². The Kier molecular flexibility index (Phi) is 9.09. The van der Waals surface area contributed by atoms with E-state index in [4.69, 9.17) is 30.4 Å². The van der Waals surface area contributed by atoms with Gasteiger partial charge in [-0.25, -0.2) is 4.79 Å². The lowest BCUT2D eigenvalue weighted by atomic mass is 9.83. The summed E-state index contributed by atoms with van der Waals surface area (Å²) >= 11 is 6.06. The maximum Gasteiger partial charge on any atom is 0.336 e. The summed E-state index contributed by atoms with van der Waals surface area (Å²) in [7, 11) is -4.10. The van der Waals surface area contributed by atoms with E-state index >= 15 is 0 Å². The fourth-order valence-corrected chi connectivity index (χ4v) is 5.07. The van der Waals surface area contributed by atoms with E-state index in [-0.39, 0.29) is 31.6 Å². The molecular weight excluding hydrogens is 534 g/mol. The second-order valence-electron chi connectivity index (χ2n) is 9.30. The molecule has 0 aliphatic carbocycles. The highest BCUT2D eigenvalue weighted by atomic mass is 35.5. The molecule has 38 heavy (non-hydrogen) atoms. The smallest absolute Gasteiger partial charge is 0.336 e. The third-order valence-corrected chi connectivity index (χ3v) is 7.56. The van der Waals surface area contributed by atoms with Gasteiger partial charge in [0.25, 0.3) is 10.1 Å². The molecule has 2 heterocycles. The lowest BCUT2D eigenvalue weighted by Crippen LogP contribution is -2.42. The molecular formula is C27H30ClNO8S. The molecule has 4 rings (SSSR count). The van der Waals surface area contributed by atoms with Gasteiger partial charge in [-0.05, 0) is 55.2 Å². The van der Waals surface area contributed by atoms with Crippen molar-refractivity contribution < 1.29 is 36.8 Å². The van der Waals surface area contributed by atoms with Crippen molar-refractivity contribution in [1.82, 2.24) is 4.90 Å². The first kappa shape index (κ1) is 28.1. The van der Waals surface area contributed by atoms with Crippen LogP contribution in [0, 0.1) is 0 Å². The first-order valence-electron chi connectivity index (χ1n) is 12.3. The topological polar surface area (TPSA) is 119 Å². The van der Waals surface area contributed by atoms with E-state index in [1.165, 1.54) is 0 Å². The van der Waals surface area contributed by atoms with Crippen molar-refractivity contribution in [3.63, 3.8) is 0 Å². The van der Waals surface area contributed by atoms with Crippen LogP contribution in [-0.2, 0) is 35.8 Å². The number of esters is 1. The molecule has 0 spiro atoms. The van der Waals surface area contributed by atoms with Crippen molar-refractivity contribution in [1.29, 1.82) is 0 Å². The van der Waals surface area contributed by atoms with Crippen LogP contribution < -0.4 is 4.74 Å². The molecule has 11 heteroatoms. The average Bonchev–Trinajstić information content (AvgIpc) is 3.39. The molecule has 2 aliphatic heterocycles. The van der Waals surface area contributed by atoms with E-state index in [0.29, 0.717) is 40.8 Å². The number of hydrogen-bond donors (Lipinski definition) is 1. The second kappa shape index (κ2) is 12.3. The molecule has 1 fully saturated rings. The third-order valence-electron chi connectivity index (χ3n) is 6.63. The Morgan fingerprint density at radius 1 is 1.16 bits per heavy atom. The summed E-state index contributed by atoms with van der Waals surface area (Å²) in [4.78, 5) is 28.2. The zero-order valence-electron chi connectivity index (χ0n) is 21.0. The number of carbonyl (C=O) groups excluding carboxylic acids is 2. The minimum Gasteiger partial charge on any atom is -0.492 e. The zero-order valence-corrected chi connectivity index (χ0v) is 22.5. The minimum absolute atomic E-state index is 0.00602. The summed E-state index contributed by atoms with van der Waals surface area (Å²) in [5, 5.41) is 0.561. The maximum atomic E-state index is 13.4. The van der Waals surface area contributed by atoms with Gasteiger partial charge in [0, 0.05) is 29.7 Å². The fraction of sp³-hybridized carbons (Fsp3) is 0.407. The van der Waals surface area contributed by atoms with Gasteiger partial charge in [-0.1, -0.05) is 35.9 Å². The summed E-state index contributed by atoms with van der Waals surface area (Å²) < 4.78 is 47.2. The summed E-state index contributed by atoms with van der Waals surface area (Å²) in [5.41, 5.74) is 2.49. The van der Waals surface area contributed by atoms with E-state index in [1.807, 2.05) is 12.1 Å². The minimum atomic E-state index is -4.10. The van der Waals surface area contributed by atoms with Gasteiger partial charge < -0.3 is 19.1 Å². The summed E-state index contributed by atoms with van der Waals surface area (Å²) in [6, 6.07) is 13.7. The quantitative estimate of drug-likeness (QED) is 0.339. The number of halogens is 1. The molecule has 0 saturated carbocycles. The number of hydrogen-bond acceptors (Lipinski definition) is 7. The highest BCUT2D eigenvalue weighted by Gasteiger charge is 2.38. The van der Waals surface area contributed by atoms with Crippen molar-refractivity contribution in [3.8, 4) is 5.75 Å². The summed E-state index contributed by atoms with van der Waals surface area (Å²) in [5.74, 6) is -1.14. The molecule has 1 saturated heterocycles. The van der Waals surface area contributed by atoms with Gasteiger partial charge >= 0.3 is 5.97 Å². The average molecular weight is 564 g/mol. The van der Waals surface area contributed by atoms with Crippen molar-refractivity contribution in [3.05, 3.63) is 76.0 Å². The molecule has 0 radical (unpaired) electrons. The molecule has 0 bridgehead atoms. The van der Waals surface area contributed by atoms with Crippen LogP contribution in [0.25, 0.3) is 0 Å². The maximum absolute atomic E-state index is 13.4. The first-order chi connectivity index (χ1) is 18.1. The SMILES string of the molecule is CC1=C(C(=O)OCc2ccc(OCCS(=O)(=O)O)cc2)[C@@H](c2ccc(Cl)cc2)CC(=O)N1C[C@@H]1CCCO1. The van der Waals surface area contributed by atoms with Gasteiger partial charge in [-0.3, -0.25) is 9.35 Å². The van der Waals surface area contributed by atoms with Gasteiger partial charge in [-0.15, -0.1) is 0 Å². The molecule has 1 amide bonds. The van der Waals surface area contributed by atoms with E-state index in [0.717, 1.165) is 18.4 Å². The van der Waals surface area contributed by atoms with E-state index in [9.17, 15) is 18.0 Å². The predicted octanol–water partition coefficient (Wildman–Crippen LogP) is 4.12. The Morgan fingerprint density at radius 2 is 1.87 bits per heavy atom. The Labute approximate surface area is 227 Å². The Hall–Kier alpha value is -2.92. The van der Waals surface area contributed by atoms with Crippen LogP contribution in [0.3, 0.4) is 0 Å². The van der Waals surface area contributed by atoms with Gasteiger partial charge in [0.2, 0.25) is 5.91 Å². The lowest BCUT2D eigenvalue weighted by molar-refractivity contribution is -0.141. The van der Waals surface area contributed by atoms with Crippen LogP contribution in [0.1, 0.15) is 43.2 Å². The van der Waals surface area contributed by atoms with Crippen molar-refractivity contribution in [2.24, 2.45) is 0 Å². The van der Waals surface area contributed by atoms with Crippen LogP contribution in [0.2, 0.25) is 5.02 Å². The Balaban J connectivity index is 1.49. The third kappa shape index (κ3) is 7.35. The van der Waals surface area contributed by atoms with Crippen molar-refractivity contribution in [2.45, 2.75) is 44.8 Å². The van der Waals surface area contributed by atoms with Crippen LogP contribution >= 0.6 is 11.6 Å². The Morgan fingerprint density at radius 3 is 2.50 bits per heavy atom. The molecule has 0 aromatic heterocycles. The molecule has 2 atom stereocenters. The van der Waals surface area contributed by atoms with Crippen LogP contribution in [0.5, 0.6) is 5.75 Å². The zero-order chi connectivity index (χ0) is 27.3. The number of allylic oxidation sites excluding steroid dienone is 1. The number of carbonyl (C=O) groups is 2. The molecule has 2 aromatic carbocycles. The molecule has 0 unspecified atom stereocenters. The van der Waals surface area contributed by atoms with Gasteiger partial charge in [-0.2, -0.15) is 8.42 Å². The molecule has 2 aliphatic rings. The number of amides is 1.